The van der Waals surface area contributed by atoms with Gasteiger partial charge in [0, 0.05) is 5.56 Å². The standard InChI is InChI=1S/C12H13NO/c1-3-4-10-5-6-11(7-8-13)12(9-10)14-2/h3-6,9H,7H2,1-2H3. The maximum atomic E-state index is 8.59. The Kier molecular flexibility index (Phi) is 3.75. The molecule has 14 heavy (non-hydrogen) atoms. The van der Waals surface area contributed by atoms with Crippen LogP contribution in [0.15, 0.2) is 24.3 Å². The number of ether oxygens (including phenoxy) is 1. The van der Waals surface area contributed by atoms with Crippen molar-refractivity contribution in [2.45, 2.75) is 13.3 Å². The maximum Gasteiger partial charge on any atom is 0.123 e. The molecule has 0 unspecified atom stereocenters. The number of nitrogens with zero attached hydrogens (tertiary/aromatic N) is 1. The predicted octanol–water partition coefficient (Wildman–Crippen LogP) is 2.79. The van der Waals surface area contributed by atoms with Gasteiger partial charge in [-0.25, -0.2) is 0 Å². The van der Waals surface area contributed by atoms with Crippen molar-refractivity contribution in [1.82, 2.24) is 0 Å². The second-order valence-corrected chi connectivity index (χ2v) is 2.91. The highest BCUT2D eigenvalue weighted by Crippen LogP contribution is 2.21. The molecule has 0 fully saturated rings. The third kappa shape index (κ3) is 2.37. The van der Waals surface area contributed by atoms with Crippen LogP contribution in [0.4, 0.5) is 0 Å². The molecule has 0 spiro atoms. The summed E-state index contributed by atoms with van der Waals surface area (Å²) in [6, 6.07) is 7.96. The summed E-state index contributed by atoms with van der Waals surface area (Å²) in [5.41, 5.74) is 2.02. The molecule has 2 heteroatoms. The number of methoxy groups -OCH3 is 1. The van der Waals surface area contributed by atoms with E-state index in [0.717, 1.165) is 16.9 Å². The molecule has 0 atom stereocenters. The number of rotatable bonds is 3. The molecule has 0 amide bonds. The average Bonchev–Trinajstić information content (AvgIpc) is 2.21. The van der Waals surface area contributed by atoms with Crippen LogP contribution < -0.4 is 4.74 Å². The minimum Gasteiger partial charge on any atom is -0.496 e. The van der Waals surface area contributed by atoms with Crippen molar-refractivity contribution in [2.75, 3.05) is 7.11 Å². The van der Waals surface area contributed by atoms with Crippen molar-refractivity contribution in [3.8, 4) is 11.8 Å². The summed E-state index contributed by atoms with van der Waals surface area (Å²) in [5.74, 6) is 0.780. The van der Waals surface area contributed by atoms with Gasteiger partial charge in [-0.05, 0) is 18.6 Å². The Morgan fingerprint density at radius 3 is 2.86 bits per heavy atom. The molecular weight excluding hydrogens is 174 g/mol. The van der Waals surface area contributed by atoms with Crippen LogP contribution in [0.5, 0.6) is 5.75 Å². The van der Waals surface area contributed by atoms with E-state index in [0.29, 0.717) is 6.42 Å². The molecule has 0 N–H and O–H groups in total. The van der Waals surface area contributed by atoms with Crippen molar-refractivity contribution < 1.29 is 4.74 Å². The molecule has 0 heterocycles. The van der Waals surface area contributed by atoms with Crippen LogP contribution >= 0.6 is 0 Å². The summed E-state index contributed by atoms with van der Waals surface area (Å²) in [5, 5.41) is 8.59. The molecule has 0 saturated heterocycles. The first kappa shape index (κ1) is 10.3. The van der Waals surface area contributed by atoms with E-state index in [2.05, 4.69) is 6.07 Å². The minimum atomic E-state index is 0.388. The van der Waals surface area contributed by atoms with Crippen LogP contribution in [0, 0.1) is 11.3 Å². The molecule has 2 nitrogen and oxygen atoms in total. The number of nitriles is 1. The lowest BCUT2D eigenvalue weighted by molar-refractivity contribution is 0.411. The lowest BCUT2D eigenvalue weighted by Gasteiger charge is -2.06. The van der Waals surface area contributed by atoms with E-state index in [1.54, 1.807) is 7.11 Å². The van der Waals surface area contributed by atoms with E-state index in [-0.39, 0.29) is 0 Å². The topological polar surface area (TPSA) is 33.0 Å². The Morgan fingerprint density at radius 2 is 2.29 bits per heavy atom. The molecule has 0 aliphatic rings. The second-order valence-electron chi connectivity index (χ2n) is 2.91. The van der Waals surface area contributed by atoms with Gasteiger partial charge in [-0.3, -0.25) is 0 Å². The Labute approximate surface area is 84.4 Å². The van der Waals surface area contributed by atoms with Gasteiger partial charge in [0.15, 0.2) is 0 Å². The third-order valence-electron chi connectivity index (χ3n) is 1.94. The zero-order valence-corrected chi connectivity index (χ0v) is 8.45. The van der Waals surface area contributed by atoms with Gasteiger partial charge in [0.1, 0.15) is 5.75 Å². The van der Waals surface area contributed by atoms with Crippen LogP contribution in [0.1, 0.15) is 18.1 Å². The number of hydrogen-bond donors (Lipinski definition) is 0. The molecule has 0 aliphatic carbocycles. The summed E-state index contributed by atoms with van der Waals surface area (Å²) in [6.45, 7) is 1.97. The van der Waals surface area contributed by atoms with E-state index < -0.39 is 0 Å². The number of hydrogen-bond acceptors (Lipinski definition) is 2. The van der Waals surface area contributed by atoms with E-state index in [9.17, 15) is 0 Å². The zero-order chi connectivity index (χ0) is 10.4. The Balaban J connectivity index is 3.06. The van der Waals surface area contributed by atoms with Crippen LogP contribution in [-0.4, -0.2) is 7.11 Å². The lowest BCUT2D eigenvalue weighted by atomic mass is 10.1. The SMILES string of the molecule is CC=Cc1ccc(CC#N)c(OC)c1. The smallest absolute Gasteiger partial charge is 0.123 e. The average molecular weight is 187 g/mol. The quantitative estimate of drug-likeness (QED) is 0.729. The van der Waals surface area contributed by atoms with Crippen LogP contribution in [-0.2, 0) is 6.42 Å². The van der Waals surface area contributed by atoms with E-state index in [4.69, 9.17) is 10.00 Å². The highest BCUT2D eigenvalue weighted by atomic mass is 16.5. The van der Waals surface area contributed by atoms with Crippen LogP contribution in [0.25, 0.3) is 6.08 Å². The summed E-state index contributed by atoms with van der Waals surface area (Å²) in [4.78, 5) is 0. The van der Waals surface area contributed by atoms with Crippen LogP contribution in [0.2, 0.25) is 0 Å². The molecule has 72 valence electrons. The normalized spacial score (nSPS) is 10.1. The molecule has 1 aromatic carbocycles. The minimum absolute atomic E-state index is 0.388. The van der Waals surface area contributed by atoms with Gasteiger partial charge >= 0.3 is 0 Å². The molecule has 1 rings (SSSR count). The fourth-order valence-electron chi connectivity index (χ4n) is 1.29. The largest absolute Gasteiger partial charge is 0.496 e. The molecular formula is C12H13NO. The fourth-order valence-corrected chi connectivity index (χ4v) is 1.29. The van der Waals surface area contributed by atoms with Crippen molar-refractivity contribution in [1.29, 1.82) is 5.26 Å². The van der Waals surface area contributed by atoms with Gasteiger partial charge in [-0.1, -0.05) is 24.3 Å². The van der Waals surface area contributed by atoms with Gasteiger partial charge in [-0.15, -0.1) is 0 Å². The maximum absolute atomic E-state index is 8.59. The molecule has 0 aromatic heterocycles. The van der Waals surface area contributed by atoms with Gasteiger partial charge in [0.05, 0.1) is 19.6 Å². The zero-order valence-electron chi connectivity index (χ0n) is 8.45. The van der Waals surface area contributed by atoms with Gasteiger partial charge in [0.25, 0.3) is 0 Å². The predicted molar refractivity (Wildman–Crippen MR) is 57.0 cm³/mol. The van der Waals surface area contributed by atoms with Crippen molar-refractivity contribution in [3.05, 3.63) is 35.4 Å². The Bertz CT molecular complexity index is 374. The van der Waals surface area contributed by atoms with E-state index in [1.165, 1.54) is 0 Å². The van der Waals surface area contributed by atoms with Crippen molar-refractivity contribution in [3.63, 3.8) is 0 Å². The van der Waals surface area contributed by atoms with Crippen LogP contribution in [0.3, 0.4) is 0 Å². The van der Waals surface area contributed by atoms with E-state index >= 15 is 0 Å². The van der Waals surface area contributed by atoms with E-state index in [1.807, 2.05) is 37.3 Å². The van der Waals surface area contributed by atoms with Gasteiger partial charge in [0.2, 0.25) is 0 Å². The van der Waals surface area contributed by atoms with Gasteiger partial charge < -0.3 is 4.74 Å². The second kappa shape index (κ2) is 5.08. The Morgan fingerprint density at radius 1 is 1.50 bits per heavy atom. The van der Waals surface area contributed by atoms with Crippen molar-refractivity contribution >= 4 is 6.08 Å². The highest BCUT2D eigenvalue weighted by Gasteiger charge is 2.01. The fraction of sp³-hybridized carbons (Fsp3) is 0.250. The molecule has 0 aliphatic heterocycles. The first-order valence-electron chi connectivity index (χ1n) is 4.48. The highest BCUT2D eigenvalue weighted by molar-refractivity contribution is 5.53. The van der Waals surface area contributed by atoms with Gasteiger partial charge in [-0.2, -0.15) is 5.26 Å². The Hall–Kier alpha value is -1.75. The first-order valence-corrected chi connectivity index (χ1v) is 4.48. The molecule has 1 aromatic rings. The molecule has 0 bridgehead atoms. The summed E-state index contributed by atoms with van der Waals surface area (Å²) >= 11 is 0. The number of benzene rings is 1. The van der Waals surface area contributed by atoms with Crippen molar-refractivity contribution in [2.24, 2.45) is 0 Å². The molecule has 0 radical (unpaired) electrons. The third-order valence-corrected chi connectivity index (χ3v) is 1.94. The number of allylic oxidation sites excluding steroid dienone is 1. The lowest BCUT2D eigenvalue weighted by Crippen LogP contribution is -1.91. The summed E-state index contributed by atoms with van der Waals surface area (Å²) in [6.07, 6.45) is 4.36. The first-order chi connectivity index (χ1) is 6.81. The summed E-state index contributed by atoms with van der Waals surface area (Å²) in [7, 11) is 1.62. The monoisotopic (exact) mass is 187 g/mol. The summed E-state index contributed by atoms with van der Waals surface area (Å²) < 4.78 is 5.20. The molecule has 0 saturated carbocycles.